The lowest BCUT2D eigenvalue weighted by atomic mass is 10.0. The molecule has 1 aromatic carbocycles. The molecule has 1 heterocycles. The summed E-state index contributed by atoms with van der Waals surface area (Å²) in [5, 5.41) is 12.3. The first-order valence-electron chi connectivity index (χ1n) is 7.25. The molecular weight excluding hydrogens is 264 g/mol. The molecule has 0 saturated carbocycles. The van der Waals surface area contributed by atoms with Gasteiger partial charge in [-0.25, -0.2) is 0 Å². The minimum Gasteiger partial charge on any atom is -0.481 e. The summed E-state index contributed by atoms with van der Waals surface area (Å²) in [6, 6.07) is 10.2. The van der Waals surface area contributed by atoms with Gasteiger partial charge in [-0.2, -0.15) is 0 Å². The number of hydrogen-bond donors (Lipinski definition) is 2. The molecular formula is C17H22N2O2. The molecule has 2 rings (SSSR count). The van der Waals surface area contributed by atoms with Gasteiger partial charge in [-0.3, -0.25) is 4.79 Å². The molecule has 0 fully saturated rings. The number of carboxylic acid groups (broad SMARTS) is 1. The second kappa shape index (κ2) is 7.09. The van der Waals surface area contributed by atoms with Crippen molar-refractivity contribution in [3.8, 4) is 0 Å². The first kappa shape index (κ1) is 15.3. The monoisotopic (exact) mass is 286 g/mol. The van der Waals surface area contributed by atoms with E-state index in [1.54, 1.807) is 0 Å². The van der Waals surface area contributed by atoms with Crippen molar-refractivity contribution in [2.24, 2.45) is 0 Å². The van der Waals surface area contributed by atoms with Crippen LogP contribution in [0.5, 0.6) is 0 Å². The van der Waals surface area contributed by atoms with Gasteiger partial charge >= 0.3 is 5.97 Å². The number of nitrogens with zero attached hydrogens (tertiary/aromatic N) is 1. The molecule has 1 unspecified atom stereocenters. The van der Waals surface area contributed by atoms with Crippen molar-refractivity contribution in [1.29, 1.82) is 0 Å². The molecule has 1 aromatic heterocycles. The highest BCUT2D eigenvalue weighted by molar-refractivity contribution is 5.70. The minimum absolute atomic E-state index is 0.0679. The fourth-order valence-corrected chi connectivity index (χ4v) is 2.61. The minimum atomic E-state index is -0.795. The molecule has 112 valence electrons. The van der Waals surface area contributed by atoms with Gasteiger partial charge in [0, 0.05) is 25.0 Å². The van der Waals surface area contributed by atoms with Gasteiger partial charge in [-0.15, -0.1) is 0 Å². The number of aliphatic carboxylic acids is 1. The van der Waals surface area contributed by atoms with Crippen molar-refractivity contribution in [2.75, 3.05) is 7.05 Å². The Morgan fingerprint density at radius 1 is 1.29 bits per heavy atom. The maximum absolute atomic E-state index is 10.9. The highest BCUT2D eigenvalue weighted by Crippen LogP contribution is 2.18. The van der Waals surface area contributed by atoms with Crippen LogP contribution in [-0.2, 0) is 17.8 Å². The summed E-state index contributed by atoms with van der Waals surface area (Å²) in [7, 11) is 1.97. The lowest BCUT2D eigenvalue weighted by molar-refractivity contribution is -0.136. The molecule has 0 amide bonds. The van der Waals surface area contributed by atoms with Crippen LogP contribution in [0.1, 0.15) is 36.1 Å². The Labute approximate surface area is 125 Å². The summed E-state index contributed by atoms with van der Waals surface area (Å²) in [4.78, 5) is 10.9. The fraction of sp³-hybridized carbons (Fsp3) is 0.353. The van der Waals surface area contributed by atoms with Crippen molar-refractivity contribution in [3.63, 3.8) is 0 Å². The number of carboxylic acids is 1. The lowest BCUT2D eigenvalue weighted by Gasteiger charge is -2.12. The summed E-state index contributed by atoms with van der Waals surface area (Å²) in [5.74, 6) is -0.795. The average molecular weight is 286 g/mol. The summed E-state index contributed by atoms with van der Waals surface area (Å²) in [6.07, 6.45) is 5.28. The van der Waals surface area contributed by atoms with Crippen molar-refractivity contribution in [3.05, 3.63) is 59.4 Å². The summed E-state index contributed by atoms with van der Waals surface area (Å²) < 4.78 is 2.11. The molecule has 4 heteroatoms. The van der Waals surface area contributed by atoms with E-state index in [9.17, 15) is 4.79 Å². The van der Waals surface area contributed by atoms with Crippen LogP contribution in [0.2, 0.25) is 0 Å². The number of carbonyl (C=O) groups is 1. The average Bonchev–Trinajstić information content (AvgIpc) is 2.90. The number of rotatable bonds is 7. The summed E-state index contributed by atoms with van der Waals surface area (Å²) in [6.45, 7) is 2.85. The van der Waals surface area contributed by atoms with Crippen LogP contribution in [0.25, 0.3) is 0 Å². The molecule has 4 nitrogen and oxygen atoms in total. The zero-order valence-electron chi connectivity index (χ0n) is 12.5. The topological polar surface area (TPSA) is 54.3 Å². The molecule has 0 saturated heterocycles. The molecule has 0 radical (unpaired) electrons. The molecule has 0 aliphatic heterocycles. The Morgan fingerprint density at radius 3 is 2.62 bits per heavy atom. The highest BCUT2D eigenvalue weighted by Gasteiger charge is 2.10. The second-order valence-electron chi connectivity index (χ2n) is 5.21. The quantitative estimate of drug-likeness (QED) is 0.823. The zero-order chi connectivity index (χ0) is 15.2. The Morgan fingerprint density at radius 2 is 2.00 bits per heavy atom. The van der Waals surface area contributed by atoms with Crippen molar-refractivity contribution >= 4 is 5.97 Å². The predicted octanol–water partition coefficient (Wildman–Crippen LogP) is 2.83. The molecule has 0 aliphatic carbocycles. The third kappa shape index (κ3) is 3.95. The number of hydrogen-bond acceptors (Lipinski definition) is 2. The van der Waals surface area contributed by atoms with E-state index in [1.165, 1.54) is 5.56 Å². The van der Waals surface area contributed by atoms with Crippen molar-refractivity contribution in [1.82, 2.24) is 9.88 Å². The number of nitrogens with one attached hydrogen (secondary N) is 1. The maximum Gasteiger partial charge on any atom is 0.307 e. The van der Waals surface area contributed by atoms with Crippen molar-refractivity contribution in [2.45, 2.75) is 32.4 Å². The number of aromatic nitrogens is 1. The first-order chi connectivity index (χ1) is 10.1. The fourth-order valence-electron chi connectivity index (χ4n) is 2.61. The molecule has 2 N–H and O–H groups in total. The SMILES string of the molecule is CCC(NC)c1ccn(Cc2ccccc2CC(=O)O)c1. The van der Waals surface area contributed by atoms with Gasteiger partial charge in [0.2, 0.25) is 0 Å². The Kier molecular flexibility index (Phi) is 5.17. The smallest absolute Gasteiger partial charge is 0.307 e. The zero-order valence-corrected chi connectivity index (χ0v) is 12.5. The van der Waals surface area contributed by atoms with E-state index in [0.29, 0.717) is 12.6 Å². The molecule has 0 bridgehead atoms. The van der Waals surface area contributed by atoms with E-state index < -0.39 is 5.97 Å². The highest BCUT2D eigenvalue weighted by atomic mass is 16.4. The van der Waals surface area contributed by atoms with Gasteiger partial charge in [-0.05, 0) is 36.2 Å². The van der Waals surface area contributed by atoms with Gasteiger partial charge < -0.3 is 15.0 Å². The van der Waals surface area contributed by atoms with E-state index in [0.717, 1.165) is 17.5 Å². The van der Waals surface area contributed by atoms with Crippen LogP contribution in [0, 0.1) is 0 Å². The normalized spacial score (nSPS) is 12.3. The summed E-state index contributed by atoms with van der Waals surface area (Å²) in [5.41, 5.74) is 3.19. The summed E-state index contributed by atoms with van der Waals surface area (Å²) >= 11 is 0. The predicted molar refractivity (Wildman–Crippen MR) is 83.4 cm³/mol. The molecule has 2 aromatic rings. The van der Waals surface area contributed by atoms with E-state index in [2.05, 4.69) is 29.1 Å². The van der Waals surface area contributed by atoms with Gasteiger partial charge in [-0.1, -0.05) is 31.2 Å². The third-order valence-electron chi connectivity index (χ3n) is 3.75. The van der Waals surface area contributed by atoms with E-state index in [-0.39, 0.29) is 6.42 Å². The van der Waals surface area contributed by atoms with Crippen LogP contribution < -0.4 is 5.32 Å². The molecule has 0 spiro atoms. The Balaban J connectivity index is 2.17. The van der Waals surface area contributed by atoms with Crippen LogP contribution in [-0.4, -0.2) is 22.7 Å². The second-order valence-corrected chi connectivity index (χ2v) is 5.21. The third-order valence-corrected chi connectivity index (χ3v) is 3.75. The lowest BCUT2D eigenvalue weighted by Crippen LogP contribution is -2.14. The van der Waals surface area contributed by atoms with Gasteiger partial charge in [0.15, 0.2) is 0 Å². The molecule has 1 atom stereocenters. The molecule has 0 aliphatic rings. The standard InChI is InChI=1S/C17H22N2O2/c1-3-16(18-2)15-8-9-19(12-15)11-14-7-5-4-6-13(14)10-17(20)21/h4-9,12,16,18H,3,10-11H2,1-2H3,(H,20,21). The van der Waals surface area contributed by atoms with E-state index in [1.807, 2.05) is 37.5 Å². The molecule has 21 heavy (non-hydrogen) atoms. The van der Waals surface area contributed by atoms with E-state index >= 15 is 0 Å². The number of benzene rings is 1. The maximum atomic E-state index is 10.9. The van der Waals surface area contributed by atoms with E-state index in [4.69, 9.17) is 5.11 Å². The van der Waals surface area contributed by atoms with Crippen LogP contribution in [0.15, 0.2) is 42.7 Å². The van der Waals surface area contributed by atoms with Gasteiger partial charge in [0.05, 0.1) is 6.42 Å². The van der Waals surface area contributed by atoms with Crippen LogP contribution >= 0.6 is 0 Å². The van der Waals surface area contributed by atoms with Gasteiger partial charge in [0.25, 0.3) is 0 Å². The van der Waals surface area contributed by atoms with Gasteiger partial charge in [0.1, 0.15) is 0 Å². The Bertz CT molecular complexity index is 600. The largest absolute Gasteiger partial charge is 0.481 e. The van der Waals surface area contributed by atoms with Crippen molar-refractivity contribution < 1.29 is 9.90 Å². The first-order valence-corrected chi connectivity index (χ1v) is 7.25. The van der Waals surface area contributed by atoms with Crippen LogP contribution in [0.4, 0.5) is 0 Å². The van der Waals surface area contributed by atoms with Crippen LogP contribution in [0.3, 0.4) is 0 Å². The Hall–Kier alpha value is -2.07.